The third-order valence-electron chi connectivity index (χ3n) is 5.98. The van der Waals surface area contributed by atoms with Gasteiger partial charge in [-0.15, -0.1) is 0 Å². The molecule has 4 rings (SSSR count). The number of ether oxygens (including phenoxy) is 2. The van der Waals surface area contributed by atoms with Crippen molar-refractivity contribution in [2.45, 2.75) is 46.6 Å². The lowest BCUT2D eigenvalue weighted by atomic mass is 10.1. The standard InChI is InChI=1S/C24H32N6O4/c1-4-6-11-34-24-18(14-17(15-25-24)16(3)31)22-26-20-19(5-2)28-30(21(20)23(32)27-22)8-7-29-9-12-33-13-10-29/h14-15H,4-13H2,1-3H3,(H,26,27,32). The summed E-state index contributed by atoms with van der Waals surface area (Å²) in [5.41, 5.74) is 2.42. The summed E-state index contributed by atoms with van der Waals surface area (Å²) in [5, 5.41) is 4.69. The first-order valence-corrected chi connectivity index (χ1v) is 12.0. The number of aryl methyl sites for hydroxylation is 1. The summed E-state index contributed by atoms with van der Waals surface area (Å²) in [6.45, 7) is 10.6. The summed E-state index contributed by atoms with van der Waals surface area (Å²) >= 11 is 0. The SMILES string of the molecule is CCCCOc1ncc(C(C)=O)cc1-c1nc2c(CC)nn(CCN3CCOCC3)c2c(=O)[nH]1. The Balaban J connectivity index is 1.73. The van der Waals surface area contributed by atoms with Crippen LogP contribution >= 0.6 is 0 Å². The number of pyridine rings is 1. The highest BCUT2D eigenvalue weighted by molar-refractivity contribution is 5.95. The molecule has 182 valence electrons. The van der Waals surface area contributed by atoms with Gasteiger partial charge in [-0.1, -0.05) is 20.3 Å². The monoisotopic (exact) mass is 468 g/mol. The fourth-order valence-corrected chi connectivity index (χ4v) is 3.98. The van der Waals surface area contributed by atoms with Crippen LogP contribution in [-0.2, 0) is 17.7 Å². The molecule has 1 aliphatic heterocycles. The lowest BCUT2D eigenvalue weighted by Gasteiger charge is -2.26. The smallest absolute Gasteiger partial charge is 0.277 e. The summed E-state index contributed by atoms with van der Waals surface area (Å²) in [5.74, 6) is 0.545. The molecule has 0 atom stereocenters. The van der Waals surface area contributed by atoms with E-state index in [9.17, 15) is 9.59 Å². The number of carbonyl (C=O) groups excluding carboxylic acids is 1. The van der Waals surface area contributed by atoms with Crippen LogP contribution in [0.2, 0.25) is 0 Å². The summed E-state index contributed by atoms with van der Waals surface area (Å²) in [4.78, 5) is 39.5. The molecule has 1 aliphatic rings. The van der Waals surface area contributed by atoms with E-state index in [0.29, 0.717) is 53.4 Å². The first kappa shape index (κ1) is 24.0. The second-order valence-corrected chi connectivity index (χ2v) is 8.42. The maximum Gasteiger partial charge on any atom is 0.277 e. The number of aromatic nitrogens is 5. The molecule has 0 aliphatic carbocycles. The minimum Gasteiger partial charge on any atom is -0.477 e. The molecule has 0 amide bonds. The number of carbonyl (C=O) groups is 1. The Kier molecular flexibility index (Phi) is 7.69. The maximum atomic E-state index is 13.2. The second-order valence-electron chi connectivity index (χ2n) is 8.42. The van der Waals surface area contributed by atoms with Gasteiger partial charge in [-0.2, -0.15) is 5.10 Å². The van der Waals surface area contributed by atoms with Crippen molar-refractivity contribution in [2.75, 3.05) is 39.5 Å². The Morgan fingerprint density at radius 1 is 1.24 bits per heavy atom. The van der Waals surface area contributed by atoms with Crippen molar-refractivity contribution in [3.05, 3.63) is 33.9 Å². The number of ketones is 1. The van der Waals surface area contributed by atoms with Gasteiger partial charge in [0.05, 0.1) is 37.6 Å². The number of hydrogen-bond donors (Lipinski definition) is 1. The van der Waals surface area contributed by atoms with E-state index in [-0.39, 0.29) is 11.3 Å². The number of hydrogen-bond acceptors (Lipinski definition) is 8. The van der Waals surface area contributed by atoms with Crippen LogP contribution in [0.4, 0.5) is 0 Å². The molecule has 0 aromatic carbocycles. The van der Waals surface area contributed by atoms with Gasteiger partial charge in [-0.3, -0.25) is 19.2 Å². The number of nitrogens with zero attached hydrogens (tertiary/aromatic N) is 5. The molecule has 3 aromatic heterocycles. The number of H-pyrrole nitrogens is 1. The number of fused-ring (bicyclic) bond motifs is 1. The van der Waals surface area contributed by atoms with Crippen LogP contribution < -0.4 is 10.3 Å². The van der Waals surface area contributed by atoms with Crippen molar-refractivity contribution in [1.29, 1.82) is 0 Å². The molecule has 1 saturated heterocycles. The molecule has 3 aromatic rings. The molecule has 1 fully saturated rings. The van der Waals surface area contributed by atoms with Crippen molar-refractivity contribution in [1.82, 2.24) is 29.6 Å². The second kappa shape index (κ2) is 10.9. The Morgan fingerprint density at radius 2 is 2.03 bits per heavy atom. The average Bonchev–Trinajstić information content (AvgIpc) is 3.21. The lowest BCUT2D eigenvalue weighted by Crippen LogP contribution is -2.38. The van der Waals surface area contributed by atoms with Gasteiger partial charge in [0.1, 0.15) is 11.3 Å². The zero-order valence-electron chi connectivity index (χ0n) is 20.1. The van der Waals surface area contributed by atoms with Gasteiger partial charge in [0.25, 0.3) is 5.56 Å². The van der Waals surface area contributed by atoms with E-state index in [1.54, 1.807) is 10.7 Å². The van der Waals surface area contributed by atoms with E-state index < -0.39 is 0 Å². The Labute approximate surface area is 198 Å². The molecular weight excluding hydrogens is 436 g/mol. The van der Waals surface area contributed by atoms with Crippen LogP contribution in [0.25, 0.3) is 22.4 Å². The van der Waals surface area contributed by atoms with Crippen LogP contribution in [0.15, 0.2) is 17.1 Å². The van der Waals surface area contributed by atoms with Crippen LogP contribution in [0.5, 0.6) is 5.88 Å². The number of unbranched alkanes of at least 4 members (excludes halogenated alkanes) is 1. The molecule has 0 bridgehead atoms. The Hall–Kier alpha value is -3.11. The highest BCUT2D eigenvalue weighted by Crippen LogP contribution is 2.28. The highest BCUT2D eigenvalue weighted by Gasteiger charge is 2.20. The van der Waals surface area contributed by atoms with Crippen LogP contribution in [0.3, 0.4) is 0 Å². The van der Waals surface area contributed by atoms with Crippen molar-refractivity contribution in [3.8, 4) is 17.3 Å². The third-order valence-corrected chi connectivity index (χ3v) is 5.98. The maximum absolute atomic E-state index is 13.2. The zero-order chi connectivity index (χ0) is 24.1. The van der Waals surface area contributed by atoms with Crippen molar-refractivity contribution in [3.63, 3.8) is 0 Å². The van der Waals surface area contributed by atoms with Crippen molar-refractivity contribution in [2.24, 2.45) is 0 Å². The largest absolute Gasteiger partial charge is 0.477 e. The van der Waals surface area contributed by atoms with E-state index in [4.69, 9.17) is 19.6 Å². The van der Waals surface area contributed by atoms with Gasteiger partial charge in [-0.05, 0) is 25.8 Å². The number of morpholine rings is 1. The quantitative estimate of drug-likeness (QED) is 0.356. The zero-order valence-corrected chi connectivity index (χ0v) is 20.1. The van der Waals surface area contributed by atoms with Crippen molar-refractivity contribution < 1.29 is 14.3 Å². The summed E-state index contributed by atoms with van der Waals surface area (Å²) in [6.07, 6.45) is 3.98. The van der Waals surface area contributed by atoms with Crippen molar-refractivity contribution >= 4 is 16.8 Å². The molecule has 4 heterocycles. The molecule has 0 saturated carbocycles. The highest BCUT2D eigenvalue weighted by atomic mass is 16.5. The van der Waals surface area contributed by atoms with Gasteiger partial charge in [0.2, 0.25) is 5.88 Å². The summed E-state index contributed by atoms with van der Waals surface area (Å²) in [6, 6.07) is 1.68. The lowest BCUT2D eigenvalue weighted by molar-refractivity contribution is 0.0361. The fourth-order valence-electron chi connectivity index (χ4n) is 3.98. The van der Waals surface area contributed by atoms with E-state index in [1.807, 2.05) is 6.92 Å². The number of Topliss-reactive ketones (excluding diaryl/α,β-unsaturated/α-hetero) is 1. The molecule has 0 spiro atoms. The number of aromatic amines is 1. The minimum absolute atomic E-state index is 0.123. The summed E-state index contributed by atoms with van der Waals surface area (Å²) < 4.78 is 13.0. The van der Waals surface area contributed by atoms with E-state index in [1.165, 1.54) is 13.1 Å². The molecular formula is C24H32N6O4. The predicted molar refractivity (Wildman–Crippen MR) is 128 cm³/mol. The normalized spacial score (nSPS) is 14.6. The third kappa shape index (κ3) is 5.18. The van der Waals surface area contributed by atoms with E-state index in [0.717, 1.165) is 51.4 Å². The van der Waals surface area contributed by atoms with Crippen LogP contribution in [0, 0.1) is 0 Å². The van der Waals surface area contributed by atoms with Gasteiger partial charge >= 0.3 is 0 Å². The molecule has 1 N–H and O–H groups in total. The first-order chi connectivity index (χ1) is 16.5. The van der Waals surface area contributed by atoms with Gasteiger partial charge in [0, 0.05) is 31.4 Å². The van der Waals surface area contributed by atoms with Crippen LogP contribution in [-0.4, -0.2) is 74.9 Å². The Bertz CT molecular complexity index is 1210. The first-order valence-electron chi connectivity index (χ1n) is 12.0. The van der Waals surface area contributed by atoms with Gasteiger partial charge in [-0.25, -0.2) is 9.97 Å². The molecule has 0 unspecified atom stereocenters. The molecule has 10 nitrogen and oxygen atoms in total. The fraction of sp³-hybridized carbons (Fsp3) is 0.542. The number of nitrogens with one attached hydrogen (secondary N) is 1. The molecule has 34 heavy (non-hydrogen) atoms. The molecule has 10 heteroatoms. The van der Waals surface area contributed by atoms with E-state index in [2.05, 4.69) is 21.8 Å². The van der Waals surface area contributed by atoms with Gasteiger partial charge in [0.15, 0.2) is 11.3 Å². The molecule has 0 radical (unpaired) electrons. The average molecular weight is 469 g/mol. The topological polar surface area (TPSA) is 115 Å². The minimum atomic E-state index is -0.276. The van der Waals surface area contributed by atoms with Crippen LogP contribution in [0.1, 0.15) is 49.7 Å². The number of rotatable bonds is 10. The van der Waals surface area contributed by atoms with Gasteiger partial charge < -0.3 is 14.5 Å². The predicted octanol–water partition coefficient (Wildman–Crippen LogP) is 2.46. The Morgan fingerprint density at radius 3 is 2.74 bits per heavy atom. The van der Waals surface area contributed by atoms with E-state index >= 15 is 0 Å². The summed E-state index contributed by atoms with van der Waals surface area (Å²) in [7, 11) is 0.